The first-order chi connectivity index (χ1) is 18.6. The molecule has 4 rings (SSSR count). The molecule has 0 saturated heterocycles. The van der Waals surface area contributed by atoms with Crippen molar-refractivity contribution in [1.82, 2.24) is 19.4 Å². The number of benzene rings is 1. The number of nitrogens with one attached hydrogen (secondary N) is 1. The van der Waals surface area contributed by atoms with Crippen LogP contribution in [0.5, 0.6) is 0 Å². The second-order valence-corrected chi connectivity index (χ2v) is 11.3. The number of nitrogens with zero attached hydrogens (tertiary/aromatic N) is 5. The minimum atomic E-state index is -0.978. The Labute approximate surface area is 232 Å². The van der Waals surface area contributed by atoms with Gasteiger partial charge in [0.05, 0.1) is 17.1 Å². The zero-order valence-corrected chi connectivity index (χ0v) is 23.9. The number of amides is 2. The van der Waals surface area contributed by atoms with E-state index in [4.69, 9.17) is 9.47 Å². The summed E-state index contributed by atoms with van der Waals surface area (Å²) in [6.45, 7) is 13.8. The zero-order chi connectivity index (χ0) is 29.4. The number of aromatic nitrogens is 4. The van der Waals surface area contributed by atoms with Crippen molar-refractivity contribution in [2.24, 2.45) is 0 Å². The number of rotatable bonds is 4. The molecular weight excluding hydrogens is 515 g/mol. The van der Waals surface area contributed by atoms with E-state index in [1.807, 2.05) is 31.2 Å². The highest BCUT2D eigenvalue weighted by atomic mass is 19.1. The monoisotopic (exact) mass is 548 g/mol. The summed E-state index contributed by atoms with van der Waals surface area (Å²) in [4.78, 5) is 41.1. The lowest BCUT2D eigenvalue weighted by Gasteiger charge is -2.28. The van der Waals surface area contributed by atoms with Gasteiger partial charge in [-0.2, -0.15) is 9.88 Å². The van der Waals surface area contributed by atoms with E-state index in [1.165, 1.54) is 18.3 Å². The molecule has 0 fully saturated rings. The van der Waals surface area contributed by atoms with Crippen molar-refractivity contribution in [1.29, 1.82) is 0 Å². The third-order valence-electron chi connectivity index (χ3n) is 5.40. The van der Waals surface area contributed by atoms with Gasteiger partial charge >= 0.3 is 12.2 Å². The molecule has 210 valence electrons. The second kappa shape index (κ2) is 10.6. The Hall–Kier alpha value is -4.54. The van der Waals surface area contributed by atoms with Crippen LogP contribution in [0.4, 0.5) is 31.4 Å². The molecule has 0 spiro atoms. The highest BCUT2D eigenvalue weighted by Crippen LogP contribution is 2.30. The lowest BCUT2D eigenvalue weighted by Crippen LogP contribution is -2.44. The quantitative estimate of drug-likeness (QED) is 0.291. The standard InChI is InChI=1S/C29H33FN6O4/c1-17-9-12-20(13-10-17)32-25-33-21(24-18(2)31-22-14-11-19(30)16-35(22)24)15-23(34-25)36(26(37)39-28(3,4)5)27(38)40-29(6,7)8/h9-16H,1-8H3,(H,32,33,34). The Bertz CT molecular complexity index is 1540. The summed E-state index contributed by atoms with van der Waals surface area (Å²) in [5, 5.41) is 3.13. The molecule has 0 aliphatic carbocycles. The molecule has 1 aromatic carbocycles. The van der Waals surface area contributed by atoms with Gasteiger partial charge in [-0.1, -0.05) is 17.7 Å². The lowest BCUT2D eigenvalue weighted by atomic mass is 10.2. The summed E-state index contributed by atoms with van der Waals surface area (Å²) >= 11 is 0. The molecule has 40 heavy (non-hydrogen) atoms. The van der Waals surface area contributed by atoms with Crippen molar-refractivity contribution in [2.45, 2.75) is 66.6 Å². The van der Waals surface area contributed by atoms with Crippen molar-refractivity contribution < 1.29 is 23.5 Å². The first-order valence-electron chi connectivity index (χ1n) is 12.7. The average Bonchev–Trinajstić information content (AvgIpc) is 3.13. The van der Waals surface area contributed by atoms with Gasteiger partial charge in [-0.25, -0.2) is 23.9 Å². The molecule has 11 heteroatoms. The van der Waals surface area contributed by atoms with Crippen LogP contribution in [-0.2, 0) is 9.47 Å². The lowest BCUT2D eigenvalue weighted by molar-refractivity contribution is 0.0429. The molecule has 0 unspecified atom stereocenters. The van der Waals surface area contributed by atoms with E-state index in [0.29, 0.717) is 22.7 Å². The normalized spacial score (nSPS) is 11.8. The van der Waals surface area contributed by atoms with Gasteiger partial charge in [0.1, 0.15) is 22.7 Å². The number of carbonyl (C=O) groups excluding carboxylic acids is 2. The smallest absolute Gasteiger partial charge is 0.425 e. The molecule has 3 aromatic heterocycles. The van der Waals surface area contributed by atoms with Crippen LogP contribution in [0.15, 0.2) is 48.7 Å². The van der Waals surface area contributed by atoms with Gasteiger partial charge in [0.2, 0.25) is 5.95 Å². The number of anilines is 3. The van der Waals surface area contributed by atoms with Crippen LogP contribution < -0.4 is 10.2 Å². The Kier molecular flexibility index (Phi) is 7.51. The molecule has 4 aromatic rings. The first kappa shape index (κ1) is 28.5. The maximum atomic E-state index is 14.3. The molecule has 2 amide bonds. The first-order valence-corrected chi connectivity index (χ1v) is 12.7. The third-order valence-corrected chi connectivity index (χ3v) is 5.40. The van der Waals surface area contributed by atoms with E-state index in [9.17, 15) is 14.0 Å². The Morgan fingerprint density at radius 3 is 2.05 bits per heavy atom. The van der Waals surface area contributed by atoms with Crippen molar-refractivity contribution in [3.8, 4) is 11.4 Å². The summed E-state index contributed by atoms with van der Waals surface area (Å²) in [7, 11) is 0. The summed E-state index contributed by atoms with van der Waals surface area (Å²) in [6, 6.07) is 11.8. The number of halogens is 1. The Balaban J connectivity index is 1.93. The van der Waals surface area contributed by atoms with E-state index in [0.717, 1.165) is 10.5 Å². The van der Waals surface area contributed by atoms with Crippen LogP contribution in [-0.4, -0.2) is 42.7 Å². The SMILES string of the molecule is Cc1ccc(Nc2nc(-c3c(C)nc4ccc(F)cn34)cc(N(C(=O)OC(C)(C)C)C(=O)OC(C)(C)C)n2)cc1. The van der Waals surface area contributed by atoms with Gasteiger partial charge < -0.3 is 14.8 Å². The molecule has 0 aliphatic heterocycles. The fraction of sp³-hybridized carbons (Fsp3) is 0.345. The summed E-state index contributed by atoms with van der Waals surface area (Å²) < 4.78 is 26.9. The fourth-order valence-electron chi connectivity index (χ4n) is 3.81. The number of ether oxygens (including phenoxy) is 2. The maximum absolute atomic E-state index is 14.3. The molecule has 3 heterocycles. The molecule has 0 radical (unpaired) electrons. The Morgan fingerprint density at radius 2 is 1.48 bits per heavy atom. The molecule has 0 saturated carbocycles. The molecule has 0 atom stereocenters. The van der Waals surface area contributed by atoms with Crippen molar-refractivity contribution in [3.05, 3.63) is 65.7 Å². The van der Waals surface area contributed by atoms with Gasteiger partial charge in [0.25, 0.3) is 0 Å². The van der Waals surface area contributed by atoms with E-state index in [2.05, 4.69) is 20.3 Å². The van der Waals surface area contributed by atoms with Crippen LogP contribution in [0.3, 0.4) is 0 Å². The van der Waals surface area contributed by atoms with E-state index >= 15 is 0 Å². The highest BCUT2D eigenvalue weighted by Gasteiger charge is 2.34. The Morgan fingerprint density at radius 1 is 0.875 bits per heavy atom. The van der Waals surface area contributed by atoms with E-state index < -0.39 is 29.2 Å². The largest absolute Gasteiger partial charge is 0.443 e. The topological polar surface area (TPSA) is 111 Å². The van der Waals surface area contributed by atoms with Gasteiger partial charge in [-0.05, 0) is 79.7 Å². The fourth-order valence-corrected chi connectivity index (χ4v) is 3.81. The molecular formula is C29H33FN6O4. The van der Waals surface area contributed by atoms with Gasteiger partial charge in [-0.15, -0.1) is 0 Å². The predicted molar refractivity (Wildman–Crippen MR) is 150 cm³/mol. The highest BCUT2D eigenvalue weighted by molar-refractivity contribution is 6.09. The summed E-state index contributed by atoms with van der Waals surface area (Å²) in [5.41, 5.74) is 1.71. The summed E-state index contributed by atoms with van der Waals surface area (Å²) in [5.74, 6) is -0.490. The van der Waals surface area contributed by atoms with Crippen molar-refractivity contribution in [2.75, 3.05) is 10.2 Å². The molecule has 0 bridgehead atoms. The van der Waals surface area contributed by atoms with Crippen LogP contribution in [0.1, 0.15) is 52.8 Å². The number of hydrogen-bond donors (Lipinski definition) is 1. The van der Waals surface area contributed by atoms with Crippen molar-refractivity contribution in [3.63, 3.8) is 0 Å². The molecule has 1 N–H and O–H groups in total. The van der Waals surface area contributed by atoms with Crippen LogP contribution in [0.2, 0.25) is 0 Å². The summed E-state index contributed by atoms with van der Waals surface area (Å²) in [6.07, 6.45) is -0.666. The third kappa shape index (κ3) is 6.71. The zero-order valence-electron chi connectivity index (χ0n) is 23.9. The number of imidazole rings is 1. The number of aryl methyl sites for hydroxylation is 2. The van der Waals surface area contributed by atoms with Crippen LogP contribution >= 0.6 is 0 Å². The molecule has 0 aliphatic rings. The van der Waals surface area contributed by atoms with Crippen LogP contribution in [0.25, 0.3) is 17.0 Å². The van der Waals surface area contributed by atoms with Gasteiger partial charge in [0, 0.05) is 18.0 Å². The van der Waals surface area contributed by atoms with E-state index in [-0.39, 0.29) is 17.5 Å². The van der Waals surface area contributed by atoms with Gasteiger partial charge in [-0.3, -0.25) is 4.40 Å². The minimum Gasteiger partial charge on any atom is -0.443 e. The van der Waals surface area contributed by atoms with Crippen LogP contribution in [0, 0.1) is 19.7 Å². The minimum absolute atomic E-state index is 0.0826. The number of fused-ring (bicyclic) bond motifs is 1. The van der Waals surface area contributed by atoms with Gasteiger partial charge in [0.15, 0.2) is 5.82 Å². The number of carbonyl (C=O) groups is 2. The second-order valence-electron chi connectivity index (χ2n) is 11.3. The van der Waals surface area contributed by atoms with Crippen molar-refractivity contribution >= 4 is 35.3 Å². The predicted octanol–water partition coefficient (Wildman–Crippen LogP) is 6.97. The number of imide groups is 1. The number of hydrogen-bond acceptors (Lipinski definition) is 8. The average molecular weight is 549 g/mol. The molecule has 10 nitrogen and oxygen atoms in total. The maximum Gasteiger partial charge on any atom is 0.425 e. The van der Waals surface area contributed by atoms with E-state index in [1.54, 1.807) is 58.9 Å². The number of pyridine rings is 1.